The number of methoxy groups -OCH3 is 1. The van der Waals surface area contributed by atoms with Crippen LogP contribution in [0.4, 0.5) is 5.69 Å². The maximum Gasteiger partial charge on any atom is 0.118 e. The fourth-order valence-corrected chi connectivity index (χ4v) is 2.36. The summed E-state index contributed by atoms with van der Waals surface area (Å²) in [6.45, 7) is 6.54. The van der Waals surface area contributed by atoms with E-state index in [2.05, 4.69) is 56.4 Å². The molecule has 1 N–H and O–H groups in total. The van der Waals surface area contributed by atoms with Gasteiger partial charge in [0.25, 0.3) is 0 Å². The Morgan fingerprint density at radius 2 is 1.71 bits per heavy atom. The molecule has 1 unspecified atom stereocenters. The number of hydrogen-bond acceptors (Lipinski definition) is 2. The zero-order valence-corrected chi connectivity index (χ0v) is 13.4. The Morgan fingerprint density at radius 1 is 1.00 bits per heavy atom. The van der Waals surface area contributed by atoms with Crippen molar-refractivity contribution in [2.75, 3.05) is 12.4 Å². The average Bonchev–Trinajstić information content (AvgIpc) is 2.49. The van der Waals surface area contributed by atoms with Crippen LogP contribution in [-0.4, -0.2) is 13.2 Å². The van der Waals surface area contributed by atoms with Crippen LogP contribution < -0.4 is 10.1 Å². The largest absolute Gasteiger partial charge is 0.497 e. The highest BCUT2D eigenvalue weighted by molar-refractivity contribution is 5.48. The van der Waals surface area contributed by atoms with E-state index in [4.69, 9.17) is 4.74 Å². The van der Waals surface area contributed by atoms with Gasteiger partial charge in [-0.05, 0) is 74.6 Å². The maximum atomic E-state index is 5.18. The maximum absolute atomic E-state index is 5.18. The van der Waals surface area contributed by atoms with Gasteiger partial charge in [0.15, 0.2) is 0 Å². The Morgan fingerprint density at radius 3 is 2.33 bits per heavy atom. The molecule has 0 aliphatic rings. The van der Waals surface area contributed by atoms with Crippen LogP contribution in [0.15, 0.2) is 42.5 Å². The second kappa shape index (κ2) is 7.16. The molecule has 0 saturated carbocycles. The molecule has 2 aromatic rings. The predicted octanol–water partition coefficient (Wildman–Crippen LogP) is 4.75. The SMILES string of the molecule is COc1ccc(CCC(C)Nc2ccc(C)c(C)c2)cc1. The topological polar surface area (TPSA) is 21.3 Å². The molecule has 0 amide bonds. The monoisotopic (exact) mass is 283 g/mol. The molecule has 2 aromatic carbocycles. The van der Waals surface area contributed by atoms with Crippen LogP contribution >= 0.6 is 0 Å². The number of rotatable bonds is 6. The number of aryl methyl sites for hydroxylation is 3. The molecule has 21 heavy (non-hydrogen) atoms. The molecule has 0 spiro atoms. The quantitative estimate of drug-likeness (QED) is 0.826. The van der Waals surface area contributed by atoms with E-state index >= 15 is 0 Å². The Balaban J connectivity index is 1.86. The third-order valence-electron chi connectivity index (χ3n) is 3.95. The normalized spacial score (nSPS) is 12.0. The summed E-state index contributed by atoms with van der Waals surface area (Å²) >= 11 is 0. The van der Waals surface area contributed by atoms with Crippen LogP contribution in [0.2, 0.25) is 0 Å². The number of ether oxygens (including phenoxy) is 1. The predicted molar refractivity (Wildman–Crippen MR) is 90.3 cm³/mol. The van der Waals surface area contributed by atoms with Crippen LogP contribution in [0.1, 0.15) is 30.0 Å². The van der Waals surface area contributed by atoms with Crippen LogP contribution in [0.5, 0.6) is 5.75 Å². The smallest absolute Gasteiger partial charge is 0.118 e. The van der Waals surface area contributed by atoms with Gasteiger partial charge in [-0.2, -0.15) is 0 Å². The van der Waals surface area contributed by atoms with Gasteiger partial charge in [-0.25, -0.2) is 0 Å². The lowest BCUT2D eigenvalue weighted by Gasteiger charge is -2.16. The van der Waals surface area contributed by atoms with Crippen molar-refractivity contribution in [3.63, 3.8) is 0 Å². The minimum absolute atomic E-state index is 0.453. The Hall–Kier alpha value is -1.96. The van der Waals surface area contributed by atoms with E-state index in [1.807, 2.05) is 12.1 Å². The number of benzene rings is 2. The fourth-order valence-electron chi connectivity index (χ4n) is 2.36. The highest BCUT2D eigenvalue weighted by Crippen LogP contribution is 2.17. The Labute approximate surface area is 128 Å². The summed E-state index contributed by atoms with van der Waals surface area (Å²) in [7, 11) is 1.70. The number of hydrogen-bond donors (Lipinski definition) is 1. The van der Waals surface area contributed by atoms with E-state index in [0.29, 0.717) is 6.04 Å². The molecule has 0 aliphatic carbocycles. The van der Waals surface area contributed by atoms with E-state index in [0.717, 1.165) is 18.6 Å². The van der Waals surface area contributed by atoms with Crippen LogP contribution in [0.3, 0.4) is 0 Å². The highest BCUT2D eigenvalue weighted by atomic mass is 16.5. The summed E-state index contributed by atoms with van der Waals surface area (Å²) in [6.07, 6.45) is 2.18. The Bertz CT molecular complexity index is 575. The molecule has 0 saturated heterocycles. The molecule has 0 heterocycles. The second-order valence-corrected chi connectivity index (χ2v) is 5.73. The molecule has 0 bridgehead atoms. The lowest BCUT2D eigenvalue weighted by Crippen LogP contribution is -2.16. The zero-order chi connectivity index (χ0) is 15.2. The van der Waals surface area contributed by atoms with Crippen LogP contribution in [0, 0.1) is 13.8 Å². The molecular formula is C19H25NO. The molecule has 2 nitrogen and oxygen atoms in total. The summed E-state index contributed by atoms with van der Waals surface area (Å²) in [5, 5.41) is 3.58. The fraction of sp³-hybridized carbons (Fsp3) is 0.368. The van der Waals surface area contributed by atoms with Crippen molar-refractivity contribution in [3.05, 3.63) is 59.2 Å². The minimum Gasteiger partial charge on any atom is -0.497 e. The number of nitrogens with one attached hydrogen (secondary N) is 1. The van der Waals surface area contributed by atoms with Crippen molar-refractivity contribution in [1.82, 2.24) is 0 Å². The van der Waals surface area contributed by atoms with Gasteiger partial charge in [-0.15, -0.1) is 0 Å². The molecule has 0 aliphatic heterocycles. The van der Waals surface area contributed by atoms with Crippen molar-refractivity contribution >= 4 is 5.69 Å². The Kier molecular flexibility index (Phi) is 5.26. The molecule has 0 fully saturated rings. The van der Waals surface area contributed by atoms with Crippen molar-refractivity contribution in [3.8, 4) is 5.75 Å². The van der Waals surface area contributed by atoms with Crippen LogP contribution in [-0.2, 0) is 6.42 Å². The first-order valence-corrected chi connectivity index (χ1v) is 7.55. The van der Waals surface area contributed by atoms with Gasteiger partial charge < -0.3 is 10.1 Å². The van der Waals surface area contributed by atoms with Crippen molar-refractivity contribution in [1.29, 1.82) is 0 Å². The molecule has 1 atom stereocenters. The summed E-state index contributed by atoms with van der Waals surface area (Å²) in [4.78, 5) is 0. The lowest BCUT2D eigenvalue weighted by molar-refractivity contribution is 0.414. The van der Waals surface area contributed by atoms with E-state index in [1.54, 1.807) is 7.11 Å². The van der Waals surface area contributed by atoms with Gasteiger partial charge in [0.2, 0.25) is 0 Å². The highest BCUT2D eigenvalue weighted by Gasteiger charge is 2.04. The van der Waals surface area contributed by atoms with E-state index < -0.39 is 0 Å². The summed E-state index contributed by atoms with van der Waals surface area (Å²) in [6, 6.07) is 15.3. The summed E-state index contributed by atoms with van der Waals surface area (Å²) < 4.78 is 5.18. The van der Waals surface area contributed by atoms with Gasteiger partial charge in [0, 0.05) is 11.7 Å². The van der Waals surface area contributed by atoms with E-state index in [1.165, 1.54) is 22.4 Å². The third-order valence-corrected chi connectivity index (χ3v) is 3.95. The van der Waals surface area contributed by atoms with Crippen molar-refractivity contribution in [2.24, 2.45) is 0 Å². The van der Waals surface area contributed by atoms with Gasteiger partial charge >= 0.3 is 0 Å². The van der Waals surface area contributed by atoms with E-state index in [-0.39, 0.29) is 0 Å². The molecule has 112 valence electrons. The van der Waals surface area contributed by atoms with E-state index in [9.17, 15) is 0 Å². The molecular weight excluding hydrogens is 258 g/mol. The first-order valence-electron chi connectivity index (χ1n) is 7.55. The molecule has 2 heteroatoms. The van der Waals surface area contributed by atoms with Gasteiger partial charge in [0.05, 0.1) is 7.11 Å². The zero-order valence-electron chi connectivity index (χ0n) is 13.4. The van der Waals surface area contributed by atoms with Gasteiger partial charge in [-0.3, -0.25) is 0 Å². The molecule has 2 rings (SSSR count). The lowest BCUT2D eigenvalue weighted by atomic mass is 10.0. The van der Waals surface area contributed by atoms with Crippen LogP contribution in [0.25, 0.3) is 0 Å². The summed E-state index contributed by atoms with van der Waals surface area (Å²) in [5.74, 6) is 0.917. The van der Waals surface area contributed by atoms with Gasteiger partial charge in [0.1, 0.15) is 5.75 Å². The van der Waals surface area contributed by atoms with Crippen molar-refractivity contribution in [2.45, 2.75) is 39.7 Å². The average molecular weight is 283 g/mol. The third kappa shape index (κ3) is 4.52. The van der Waals surface area contributed by atoms with Crippen molar-refractivity contribution < 1.29 is 4.74 Å². The second-order valence-electron chi connectivity index (χ2n) is 5.73. The first kappa shape index (κ1) is 15.4. The molecule has 0 aromatic heterocycles. The standard InChI is InChI=1S/C19H25NO/c1-14-5-10-18(13-15(14)2)20-16(3)6-7-17-8-11-19(21-4)12-9-17/h5,8-13,16,20H,6-7H2,1-4H3. The summed E-state index contributed by atoms with van der Waals surface area (Å²) in [5.41, 5.74) is 5.23. The number of anilines is 1. The minimum atomic E-state index is 0.453. The molecule has 0 radical (unpaired) electrons. The van der Waals surface area contributed by atoms with Gasteiger partial charge in [-0.1, -0.05) is 18.2 Å². The first-order chi connectivity index (χ1) is 10.1.